The highest BCUT2D eigenvalue weighted by Crippen LogP contribution is 2.58. The summed E-state index contributed by atoms with van der Waals surface area (Å²) in [5, 5.41) is 27.9. The van der Waals surface area contributed by atoms with Gasteiger partial charge in [-0.1, -0.05) is 52.9 Å². The molecule has 2 heterocycles. The van der Waals surface area contributed by atoms with Crippen molar-refractivity contribution in [1.29, 1.82) is 0 Å². The predicted molar refractivity (Wildman–Crippen MR) is 97.6 cm³/mol. The molecule has 0 bridgehead atoms. The van der Waals surface area contributed by atoms with Gasteiger partial charge in [0.2, 0.25) is 0 Å². The summed E-state index contributed by atoms with van der Waals surface area (Å²) in [4.78, 5) is 50.2. The van der Waals surface area contributed by atoms with Crippen molar-refractivity contribution < 1.29 is 29.7 Å². The van der Waals surface area contributed by atoms with E-state index in [1.165, 1.54) is 0 Å². The van der Waals surface area contributed by atoms with Crippen LogP contribution in [0.4, 0.5) is 0 Å². The molecule has 10 heteroatoms. The summed E-state index contributed by atoms with van der Waals surface area (Å²) in [5.74, 6) is -5.49. The van der Waals surface area contributed by atoms with Gasteiger partial charge in [0.05, 0.1) is 11.4 Å². The number of thiazole rings is 1. The fourth-order valence-corrected chi connectivity index (χ4v) is 5.99. The first kappa shape index (κ1) is 19.2. The van der Waals surface area contributed by atoms with E-state index in [1.807, 2.05) is 6.92 Å². The van der Waals surface area contributed by atoms with Gasteiger partial charge in [-0.15, -0.1) is 0 Å². The number of nitrogens with one attached hydrogen (secondary N) is 1. The molecule has 1 aromatic carbocycles. The third-order valence-corrected chi connectivity index (χ3v) is 7.09. The maximum atomic E-state index is 12.4. The van der Waals surface area contributed by atoms with E-state index in [4.69, 9.17) is 0 Å². The van der Waals surface area contributed by atoms with Gasteiger partial charge in [0.1, 0.15) is 10.7 Å². The Balaban J connectivity index is 2.37. The largest absolute Gasteiger partial charge is 0.481 e. The highest BCUT2D eigenvalue weighted by Gasteiger charge is 2.61. The number of aliphatic carboxylic acids is 3. The van der Waals surface area contributed by atoms with E-state index in [-0.39, 0.29) is 5.03 Å². The zero-order valence-corrected chi connectivity index (χ0v) is 15.6. The first-order valence-corrected chi connectivity index (χ1v) is 9.50. The number of carboxylic acid groups (broad SMARTS) is 3. The first-order chi connectivity index (χ1) is 12.7. The zero-order chi connectivity index (χ0) is 19.9. The number of aromatic nitrogens is 1. The minimum atomic E-state index is -2.16. The van der Waals surface area contributed by atoms with Gasteiger partial charge < -0.3 is 20.3 Å². The highest BCUT2D eigenvalue weighted by molar-refractivity contribution is 8.00. The normalized spacial score (nSPS) is 24.2. The topological polar surface area (TPSA) is 145 Å². The van der Waals surface area contributed by atoms with E-state index in [0.717, 1.165) is 16.9 Å². The van der Waals surface area contributed by atoms with Crippen LogP contribution in [0, 0.1) is 12.3 Å². The average Bonchev–Trinajstić information content (AvgIpc) is 2.94. The second-order valence-corrected chi connectivity index (χ2v) is 8.43. The van der Waals surface area contributed by atoms with Crippen LogP contribution in [0.1, 0.15) is 28.3 Å². The Hall–Kier alpha value is -2.59. The molecule has 1 aromatic heterocycles. The van der Waals surface area contributed by atoms with Crippen molar-refractivity contribution >= 4 is 41.0 Å². The van der Waals surface area contributed by atoms with Crippen LogP contribution in [0.25, 0.3) is 0 Å². The molecule has 0 radical (unpaired) electrons. The molecule has 3 rings (SSSR count). The first-order valence-electron chi connectivity index (χ1n) is 7.81. The monoisotopic (exact) mass is 409 g/mol. The highest BCUT2D eigenvalue weighted by atomic mass is 32.2. The maximum Gasteiger partial charge on any atom is 0.318 e. The van der Waals surface area contributed by atoms with Crippen LogP contribution in [0.5, 0.6) is 0 Å². The van der Waals surface area contributed by atoms with Crippen LogP contribution in [0.3, 0.4) is 0 Å². The molecule has 0 fully saturated rings. The number of carboxylic acids is 3. The lowest BCUT2D eigenvalue weighted by Crippen LogP contribution is -2.52. The van der Waals surface area contributed by atoms with E-state index in [2.05, 4.69) is 4.98 Å². The van der Waals surface area contributed by atoms with Crippen LogP contribution < -0.4 is 4.87 Å². The van der Waals surface area contributed by atoms with Gasteiger partial charge in [0.15, 0.2) is 0 Å². The average molecular weight is 409 g/mol. The number of thioether (sulfide) groups is 1. The Labute approximate surface area is 160 Å². The third kappa shape index (κ3) is 3.15. The van der Waals surface area contributed by atoms with Crippen LogP contribution in [-0.4, -0.2) is 43.5 Å². The molecule has 142 valence electrons. The molecule has 8 nitrogen and oxygen atoms in total. The lowest BCUT2D eigenvalue weighted by Gasteiger charge is -2.43. The summed E-state index contributed by atoms with van der Waals surface area (Å²) < 4.78 is 0. The van der Waals surface area contributed by atoms with Crippen molar-refractivity contribution in [3.8, 4) is 0 Å². The molecule has 1 aliphatic heterocycles. The van der Waals surface area contributed by atoms with Gasteiger partial charge in [0.25, 0.3) is 0 Å². The van der Waals surface area contributed by atoms with Gasteiger partial charge in [-0.05, 0) is 12.5 Å². The van der Waals surface area contributed by atoms with E-state index in [9.17, 15) is 34.5 Å². The number of rotatable bonds is 5. The number of fused-ring (bicyclic) bond motifs is 1. The minimum Gasteiger partial charge on any atom is -0.481 e. The van der Waals surface area contributed by atoms with Crippen LogP contribution in [0.15, 0.2) is 34.1 Å². The Bertz CT molecular complexity index is 978. The third-order valence-electron chi connectivity index (χ3n) is 4.60. The van der Waals surface area contributed by atoms with Crippen LogP contribution in [0.2, 0.25) is 0 Å². The summed E-state index contributed by atoms with van der Waals surface area (Å²) in [7, 11) is 0. The Morgan fingerprint density at radius 2 is 1.78 bits per heavy atom. The Morgan fingerprint density at radius 1 is 1.15 bits per heavy atom. The summed E-state index contributed by atoms with van der Waals surface area (Å²) in [6, 6.07) is 6.75. The van der Waals surface area contributed by atoms with Gasteiger partial charge in [-0.3, -0.25) is 19.2 Å². The predicted octanol–water partition coefficient (Wildman–Crippen LogP) is 1.98. The Kier molecular flexibility index (Phi) is 4.87. The fraction of sp³-hybridized carbons (Fsp3) is 0.294. The molecular weight excluding hydrogens is 394 g/mol. The van der Waals surface area contributed by atoms with Crippen molar-refractivity contribution in [2.45, 2.75) is 29.5 Å². The molecule has 3 atom stereocenters. The minimum absolute atomic E-state index is 0.269. The second kappa shape index (κ2) is 6.86. The molecule has 4 N–H and O–H groups in total. The van der Waals surface area contributed by atoms with Gasteiger partial charge >= 0.3 is 22.8 Å². The SMILES string of the molecule is Cc1ccc([C@@H]2c3sc(=O)[nH]c3S[C@@H](C(=O)O)[C@@]2(CC(=O)O)C(=O)O)cc1. The fourth-order valence-electron chi connectivity index (χ4n) is 3.45. The quantitative estimate of drug-likeness (QED) is 0.587. The molecule has 2 aromatic rings. The Morgan fingerprint density at radius 3 is 2.30 bits per heavy atom. The molecule has 0 aliphatic carbocycles. The lowest BCUT2D eigenvalue weighted by atomic mass is 9.66. The molecular formula is C17H15NO7S2. The van der Waals surface area contributed by atoms with E-state index < -0.39 is 45.8 Å². The molecule has 0 unspecified atom stereocenters. The summed E-state index contributed by atoms with van der Waals surface area (Å²) in [5.41, 5.74) is -0.803. The zero-order valence-electron chi connectivity index (χ0n) is 14.0. The molecule has 0 saturated heterocycles. The number of benzene rings is 1. The maximum absolute atomic E-state index is 12.4. The summed E-state index contributed by atoms with van der Waals surface area (Å²) in [6.45, 7) is 1.84. The molecule has 27 heavy (non-hydrogen) atoms. The van der Waals surface area contributed by atoms with E-state index in [1.54, 1.807) is 24.3 Å². The molecule has 0 saturated carbocycles. The lowest BCUT2D eigenvalue weighted by molar-refractivity contribution is -0.161. The number of H-pyrrole nitrogens is 1. The van der Waals surface area contributed by atoms with Gasteiger partial charge in [0, 0.05) is 10.8 Å². The number of hydrogen-bond donors (Lipinski definition) is 4. The number of hydrogen-bond acceptors (Lipinski definition) is 6. The van der Waals surface area contributed by atoms with Crippen molar-refractivity contribution in [1.82, 2.24) is 4.98 Å². The molecule has 1 aliphatic rings. The summed E-state index contributed by atoms with van der Waals surface area (Å²) in [6.07, 6.45) is -0.892. The van der Waals surface area contributed by atoms with E-state index >= 15 is 0 Å². The molecule has 0 spiro atoms. The number of aromatic amines is 1. The van der Waals surface area contributed by atoms with Gasteiger partial charge in [-0.2, -0.15) is 0 Å². The number of aryl methyl sites for hydroxylation is 1. The van der Waals surface area contributed by atoms with Crippen molar-refractivity contribution in [2.24, 2.45) is 5.41 Å². The second-order valence-electron chi connectivity index (χ2n) is 6.30. The van der Waals surface area contributed by atoms with Crippen LogP contribution >= 0.6 is 23.1 Å². The van der Waals surface area contributed by atoms with Crippen molar-refractivity contribution in [2.75, 3.05) is 0 Å². The smallest absolute Gasteiger partial charge is 0.318 e. The van der Waals surface area contributed by atoms with Crippen molar-refractivity contribution in [3.63, 3.8) is 0 Å². The molecule has 0 amide bonds. The number of carbonyl (C=O) groups is 3. The standard InChI is InChI=1S/C17H15NO7S2/c1-7-2-4-8(5-3-7)10-11-13(18-16(25)26-11)27-12(14(21)22)17(10,15(23)24)6-9(19)20/h2-5,10,12H,6H2,1H3,(H,18,25)(H,19,20)(H,21,22)(H,23,24)/t10-,12+,17+/m1/s1. The van der Waals surface area contributed by atoms with Crippen molar-refractivity contribution in [3.05, 3.63) is 49.9 Å². The van der Waals surface area contributed by atoms with Gasteiger partial charge in [-0.25, -0.2) is 0 Å². The van der Waals surface area contributed by atoms with E-state index in [0.29, 0.717) is 22.2 Å². The summed E-state index contributed by atoms with van der Waals surface area (Å²) >= 11 is 1.45. The van der Waals surface area contributed by atoms with Crippen LogP contribution in [-0.2, 0) is 14.4 Å².